The van der Waals surface area contributed by atoms with Crippen LogP contribution in [0.1, 0.15) is 126 Å². The summed E-state index contributed by atoms with van der Waals surface area (Å²) < 4.78 is 0. The van der Waals surface area contributed by atoms with Crippen LogP contribution in [0.15, 0.2) is 0 Å². The van der Waals surface area contributed by atoms with Crippen LogP contribution < -0.4 is 0 Å². The summed E-state index contributed by atoms with van der Waals surface area (Å²) in [5, 5.41) is 50.3. The van der Waals surface area contributed by atoms with E-state index in [0.717, 1.165) is 23.7 Å². The molecule has 0 heterocycles. The van der Waals surface area contributed by atoms with E-state index in [4.69, 9.17) is 5.11 Å². The van der Waals surface area contributed by atoms with Gasteiger partial charge < -0.3 is 25.5 Å². The van der Waals surface area contributed by atoms with Gasteiger partial charge in [0.1, 0.15) is 18.3 Å². The first-order valence-electron chi connectivity index (χ1n) is 17.3. The Labute approximate surface area is 250 Å². The second kappa shape index (κ2) is 10.7. The number of fused-ring (bicyclic) bond motifs is 7. The van der Waals surface area contributed by atoms with Crippen LogP contribution in [0.3, 0.4) is 0 Å². The average molecular weight is 577 g/mol. The summed E-state index contributed by atoms with van der Waals surface area (Å²) in [6, 6.07) is 0. The van der Waals surface area contributed by atoms with Crippen molar-refractivity contribution in [3.63, 3.8) is 0 Å². The summed E-state index contributed by atoms with van der Waals surface area (Å²) in [7, 11) is 0. The first-order chi connectivity index (χ1) is 19.0. The Bertz CT molecular complexity index is 952. The van der Waals surface area contributed by atoms with Gasteiger partial charge in [-0.3, -0.25) is 0 Å². The van der Waals surface area contributed by atoms with Crippen molar-refractivity contribution in [2.24, 2.45) is 68.5 Å². The molecule has 0 saturated heterocycles. The normalized spacial score (nSPS) is 50.9. The van der Waals surface area contributed by atoms with Crippen molar-refractivity contribution in [1.29, 1.82) is 0 Å². The van der Waals surface area contributed by atoms with Crippen molar-refractivity contribution in [2.75, 3.05) is 6.61 Å². The fraction of sp³-hybridized carbons (Fsp3) is 1.00. The second-order valence-corrected chi connectivity index (χ2v) is 18.0. The SMILES string of the molecule is C[C@@H]1CC(C)(C)[C@@H]2CC[C@]3(C)[C@H](CC[C@@H]4[C@@]5(C)CC[C@H]([C@H](C)C[C@H](O)[C@@H](O)[C@@H](O)[C@H](O)CO)[C@@H]5CC[C@]43C)[C@@]2(C)C1. The topological polar surface area (TPSA) is 101 Å². The number of aliphatic hydroxyl groups is 5. The lowest BCUT2D eigenvalue weighted by molar-refractivity contribution is -0.245. The molecule has 0 aliphatic heterocycles. The van der Waals surface area contributed by atoms with E-state index in [-0.39, 0.29) is 5.92 Å². The van der Waals surface area contributed by atoms with E-state index in [9.17, 15) is 20.4 Å². The molecule has 5 saturated carbocycles. The molecule has 5 N–H and O–H groups in total. The molecule has 0 bridgehead atoms. The standard InChI is InChI=1S/C36H64O5/c1-21-18-32(3,4)27-13-16-36(8)29(34(27,6)19-21)10-9-28-33(5)14-11-23(24(33)12-15-35(28,36)7)22(2)17-25(38)30(40)31(41)26(39)20-37/h21-31,37-41H,9-20H2,1-8H3/t21-,22-,23-,24+,25+,26-,27+,28-,29-,30-,31+,33+,34+,35-,36-/m1/s1. The van der Waals surface area contributed by atoms with Gasteiger partial charge in [0.25, 0.3) is 0 Å². The summed E-state index contributed by atoms with van der Waals surface area (Å²) in [6.45, 7) is 20.0. The van der Waals surface area contributed by atoms with Crippen LogP contribution in [0.25, 0.3) is 0 Å². The van der Waals surface area contributed by atoms with Crippen LogP contribution in [0.2, 0.25) is 0 Å². The lowest BCUT2D eigenvalue weighted by atomic mass is 9.31. The van der Waals surface area contributed by atoms with E-state index in [0.29, 0.717) is 45.3 Å². The molecule has 0 amide bonds. The first kappa shape index (κ1) is 32.2. The molecule has 5 heteroatoms. The molecule has 0 radical (unpaired) electrons. The third kappa shape index (κ3) is 4.72. The van der Waals surface area contributed by atoms with E-state index in [1.165, 1.54) is 64.2 Å². The Balaban J connectivity index is 1.35. The molecule has 0 aromatic heterocycles. The Morgan fingerprint density at radius 2 is 1.22 bits per heavy atom. The van der Waals surface area contributed by atoms with Gasteiger partial charge in [-0.05, 0) is 139 Å². The van der Waals surface area contributed by atoms with Crippen molar-refractivity contribution in [3.05, 3.63) is 0 Å². The van der Waals surface area contributed by atoms with Crippen LogP contribution >= 0.6 is 0 Å². The number of aliphatic hydroxyl groups excluding tert-OH is 5. The molecule has 5 nitrogen and oxygen atoms in total. The van der Waals surface area contributed by atoms with Crippen LogP contribution in [0, 0.1) is 68.5 Å². The first-order valence-corrected chi connectivity index (χ1v) is 17.3. The van der Waals surface area contributed by atoms with E-state index >= 15 is 0 Å². The van der Waals surface area contributed by atoms with Gasteiger partial charge in [0.15, 0.2) is 0 Å². The zero-order chi connectivity index (χ0) is 30.3. The largest absolute Gasteiger partial charge is 0.394 e. The zero-order valence-electron chi connectivity index (χ0n) is 27.6. The molecular formula is C36H64O5. The predicted octanol–water partition coefficient (Wildman–Crippen LogP) is 6.19. The maximum atomic E-state index is 10.8. The molecule has 5 rings (SSSR count). The lowest BCUT2D eigenvalue weighted by Gasteiger charge is -2.73. The third-order valence-corrected chi connectivity index (χ3v) is 15.6. The van der Waals surface area contributed by atoms with E-state index in [1.807, 2.05) is 0 Å². The minimum Gasteiger partial charge on any atom is -0.394 e. The minimum absolute atomic E-state index is 0.224. The molecule has 15 atom stereocenters. The quantitative estimate of drug-likeness (QED) is 0.249. The average Bonchev–Trinajstić information content (AvgIpc) is 3.23. The predicted molar refractivity (Wildman–Crippen MR) is 164 cm³/mol. The summed E-state index contributed by atoms with van der Waals surface area (Å²) in [6.07, 6.45) is 8.12. The fourth-order valence-electron chi connectivity index (χ4n) is 14.0. The monoisotopic (exact) mass is 576 g/mol. The van der Waals surface area contributed by atoms with Gasteiger partial charge in [0.05, 0.1) is 12.7 Å². The van der Waals surface area contributed by atoms with E-state index < -0.39 is 31.0 Å². The van der Waals surface area contributed by atoms with Gasteiger partial charge in [-0.1, -0.05) is 55.4 Å². The number of hydrogen-bond acceptors (Lipinski definition) is 5. The summed E-state index contributed by atoms with van der Waals surface area (Å²) >= 11 is 0. The summed E-state index contributed by atoms with van der Waals surface area (Å²) in [5.41, 5.74) is 1.94. The summed E-state index contributed by atoms with van der Waals surface area (Å²) in [4.78, 5) is 0. The van der Waals surface area contributed by atoms with Gasteiger partial charge in [-0.15, -0.1) is 0 Å². The Hall–Kier alpha value is -0.200. The molecular weight excluding hydrogens is 512 g/mol. The van der Waals surface area contributed by atoms with Crippen LogP contribution in [-0.4, -0.2) is 56.6 Å². The molecule has 0 aromatic rings. The molecule has 5 fully saturated rings. The van der Waals surface area contributed by atoms with Crippen molar-refractivity contribution in [2.45, 2.75) is 150 Å². The Morgan fingerprint density at radius 1 is 0.659 bits per heavy atom. The van der Waals surface area contributed by atoms with Crippen LogP contribution in [-0.2, 0) is 0 Å². The van der Waals surface area contributed by atoms with E-state index in [2.05, 4.69) is 55.4 Å². The highest BCUT2D eigenvalue weighted by Crippen LogP contribution is 2.78. The third-order valence-electron chi connectivity index (χ3n) is 15.6. The molecule has 0 unspecified atom stereocenters. The highest BCUT2D eigenvalue weighted by atomic mass is 16.4. The molecule has 238 valence electrons. The zero-order valence-corrected chi connectivity index (χ0v) is 27.6. The van der Waals surface area contributed by atoms with Gasteiger partial charge >= 0.3 is 0 Å². The highest BCUT2D eigenvalue weighted by Gasteiger charge is 2.70. The maximum absolute atomic E-state index is 10.8. The molecule has 41 heavy (non-hydrogen) atoms. The van der Waals surface area contributed by atoms with Gasteiger partial charge in [-0.2, -0.15) is 0 Å². The fourth-order valence-corrected chi connectivity index (χ4v) is 14.0. The maximum Gasteiger partial charge on any atom is 0.110 e. The lowest BCUT2D eigenvalue weighted by Crippen LogP contribution is -2.66. The van der Waals surface area contributed by atoms with E-state index in [1.54, 1.807) is 0 Å². The van der Waals surface area contributed by atoms with Crippen molar-refractivity contribution >= 4 is 0 Å². The number of hydrogen-bond donors (Lipinski definition) is 5. The van der Waals surface area contributed by atoms with Gasteiger partial charge in [0, 0.05) is 0 Å². The van der Waals surface area contributed by atoms with Gasteiger partial charge in [-0.25, -0.2) is 0 Å². The Morgan fingerprint density at radius 3 is 1.83 bits per heavy atom. The van der Waals surface area contributed by atoms with Gasteiger partial charge in [0.2, 0.25) is 0 Å². The van der Waals surface area contributed by atoms with Crippen molar-refractivity contribution in [1.82, 2.24) is 0 Å². The smallest absolute Gasteiger partial charge is 0.110 e. The molecule has 5 aliphatic rings. The molecule has 0 spiro atoms. The number of rotatable bonds is 7. The highest BCUT2D eigenvalue weighted by molar-refractivity contribution is 5.19. The molecule has 0 aromatic carbocycles. The van der Waals surface area contributed by atoms with Crippen molar-refractivity contribution in [3.8, 4) is 0 Å². The van der Waals surface area contributed by atoms with Crippen LogP contribution in [0.5, 0.6) is 0 Å². The van der Waals surface area contributed by atoms with Crippen LogP contribution in [0.4, 0.5) is 0 Å². The Kier molecular flexibility index (Phi) is 8.41. The second-order valence-electron chi connectivity index (χ2n) is 18.0. The summed E-state index contributed by atoms with van der Waals surface area (Å²) in [5.74, 6) is 4.56. The minimum atomic E-state index is -1.54. The molecule has 5 aliphatic carbocycles. The van der Waals surface area contributed by atoms with Crippen molar-refractivity contribution < 1.29 is 25.5 Å².